The van der Waals surface area contributed by atoms with E-state index in [1.54, 1.807) is 41.3 Å². The van der Waals surface area contributed by atoms with E-state index in [-0.39, 0.29) is 11.6 Å². The largest absolute Gasteiger partial charge is 0.463 e. The molecular formula is C17H12ClN5O2S. The van der Waals surface area contributed by atoms with Gasteiger partial charge in [-0.1, -0.05) is 29.0 Å². The van der Waals surface area contributed by atoms with Gasteiger partial charge < -0.3 is 4.42 Å². The second kappa shape index (κ2) is 6.74. The SMILES string of the molecule is Cc1nnc(NC(=O)c2cc(-c3ccco3)n(-c3cccc(Cl)c3)n2)s1. The van der Waals surface area contributed by atoms with Crippen LogP contribution >= 0.6 is 22.9 Å². The molecule has 0 spiro atoms. The van der Waals surface area contributed by atoms with Crippen LogP contribution in [0.3, 0.4) is 0 Å². The van der Waals surface area contributed by atoms with Crippen LogP contribution in [0, 0.1) is 6.92 Å². The lowest BCUT2D eigenvalue weighted by Gasteiger charge is -2.05. The first kappa shape index (κ1) is 16.5. The molecule has 1 amide bonds. The van der Waals surface area contributed by atoms with Gasteiger partial charge in [0.2, 0.25) is 5.13 Å². The molecule has 3 heterocycles. The number of hydrogen-bond donors (Lipinski definition) is 1. The van der Waals surface area contributed by atoms with Gasteiger partial charge in [-0.15, -0.1) is 10.2 Å². The Morgan fingerprint density at radius 1 is 1.23 bits per heavy atom. The fourth-order valence-corrected chi connectivity index (χ4v) is 3.18. The van der Waals surface area contributed by atoms with Crippen LogP contribution in [0.25, 0.3) is 17.1 Å². The molecule has 0 saturated heterocycles. The van der Waals surface area contributed by atoms with Crippen molar-refractivity contribution in [2.24, 2.45) is 0 Å². The van der Waals surface area contributed by atoms with Crippen LogP contribution in [0.15, 0.2) is 53.1 Å². The Hall–Kier alpha value is -2.97. The Bertz CT molecular complexity index is 1070. The fraction of sp³-hybridized carbons (Fsp3) is 0.0588. The summed E-state index contributed by atoms with van der Waals surface area (Å²) in [5, 5.41) is 16.7. The number of anilines is 1. The lowest BCUT2D eigenvalue weighted by atomic mass is 10.2. The third-order valence-electron chi connectivity index (χ3n) is 3.51. The molecule has 0 bridgehead atoms. The monoisotopic (exact) mass is 385 g/mol. The summed E-state index contributed by atoms with van der Waals surface area (Å²) < 4.78 is 7.10. The van der Waals surface area contributed by atoms with Crippen LogP contribution < -0.4 is 5.32 Å². The van der Waals surface area contributed by atoms with Crippen LogP contribution in [0.1, 0.15) is 15.5 Å². The number of carbonyl (C=O) groups is 1. The molecule has 7 nitrogen and oxygen atoms in total. The third-order valence-corrected chi connectivity index (χ3v) is 4.50. The van der Waals surface area contributed by atoms with Crippen LogP contribution in [0.4, 0.5) is 5.13 Å². The van der Waals surface area contributed by atoms with E-state index in [4.69, 9.17) is 16.0 Å². The number of furan rings is 1. The minimum absolute atomic E-state index is 0.226. The fourth-order valence-electron chi connectivity index (χ4n) is 2.40. The quantitative estimate of drug-likeness (QED) is 0.569. The lowest BCUT2D eigenvalue weighted by molar-refractivity contribution is 0.102. The molecular weight excluding hydrogens is 374 g/mol. The van der Waals surface area contributed by atoms with E-state index in [0.29, 0.717) is 21.6 Å². The maximum absolute atomic E-state index is 12.6. The number of benzene rings is 1. The Morgan fingerprint density at radius 2 is 2.12 bits per heavy atom. The summed E-state index contributed by atoms with van der Waals surface area (Å²) >= 11 is 7.39. The summed E-state index contributed by atoms with van der Waals surface area (Å²) in [6.45, 7) is 1.82. The molecule has 0 fully saturated rings. The third kappa shape index (κ3) is 3.24. The van der Waals surface area contributed by atoms with Gasteiger partial charge in [-0.3, -0.25) is 10.1 Å². The van der Waals surface area contributed by atoms with Crippen molar-refractivity contribution in [1.29, 1.82) is 0 Å². The van der Waals surface area contributed by atoms with Crippen molar-refractivity contribution in [2.45, 2.75) is 6.92 Å². The van der Waals surface area contributed by atoms with Crippen molar-refractivity contribution in [3.8, 4) is 17.1 Å². The lowest BCUT2D eigenvalue weighted by Crippen LogP contribution is -2.13. The first-order valence-corrected chi connectivity index (χ1v) is 8.81. The van der Waals surface area contributed by atoms with Crippen LogP contribution in [-0.4, -0.2) is 25.9 Å². The second-order valence-electron chi connectivity index (χ2n) is 5.36. The van der Waals surface area contributed by atoms with Gasteiger partial charge in [0.25, 0.3) is 5.91 Å². The van der Waals surface area contributed by atoms with Crippen molar-refractivity contribution < 1.29 is 9.21 Å². The molecule has 1 aromatic carbocycles. The highest BCUT2D eigenvalue weighted by Crippen LogP contribution is 2.26. The zero-order chi connectivity index (χ0) is 18.1. The average Bonchev–Trinajstić information content (AvgIpc) is 3.34. The summed E-state index contributed by atoms with van der Waals surface area (Å²) in [5.41, 5.74) is 1.58. The molecule has 0 radical (unpaired) electrons. The molecule has 4 aromatic rings. The molecule has 26 heavy (non-hydrogen) atoms. The van der Waals surface area contributed by atoms with Gasteiger partial charge in [-0.2, -0.15) is 5.10 Å². The predicted molar refractivity (Wildman–Crippen MR) is 98.9 cm³/mol. The summed E-state index contributed by atoms with van der Waals surface area (Å²) in [4.78, 5) is 12.6. The molecule has 3 aromatic heterocycles. The molecule has 130 valence electrons. The highest BCUT2D eigenvalue weighted by molar-refractivity contribution is 7.15. The Morgan fingerprint density at radius 3 is 2.81 bits per heavy atom. The number of halogens is 1. The van der Waals surface area contributed by atoms with Gasteiger partial charge in [0.05, 0.1) is 12.0 Å². The highest BCUT2D eigenvalue weighted by Gasteiger charge is 2.19. The maximum atomic E-state index is 12.6. The van der Waals surface area contributed by atoms with E-state index >= 15 is 0 Å². The second-order valence-corrected chi connectivity index (χ2v) is 6.98. The number of aromatic nitrogens is 4. The Kier molecular flexibility index (Phi) is 4.27. The minimum atomic E-state index is -0.380. The topological polar surface area (TPSA) is 85.8 Å². The van der Waals surface area contributed by atoms with Gasteiger partial charge in [-0.05, 0) is 37.3 Å². The number of hydrogen-bond acceptors (Lipinski definition) is 6. The minimum Gasteiger partial charge on any atom is -0.463 e. The van der Waals surface area contributed by atoms with Gasteiger partial charge in [-0.25, -0.2) is 4.68 Å². The Labute approximate surface area is 157 Å². The van der Waals surface area contributed by atoms with Gasteiger partial charge in [0.1, 0.15) is 10.7 Å². The van der Waals surface area contributed by atoms with E-state index in [1.807, 2.05) is 19.1 Å². The Balaban J connectivity index is 1.75. The first-order chi connectivity index (χ1) is 12.6. The molecule has 0 aliphatic heterocycles. The van der Waals surface area contributed by atoms with Crippen molar-refractivity contribution in [3.05, 3.63) is 64.5 Å². The summed E-state index contributed by atoms with van der Waals surface area (Å²) in [6.07, 6.45) is 1.56. The van der Waals surface area contributed by atoms with E-state index in [1.165, 1.54) is 11.3 Å². The molecule has 1 N–H and O–H groups in total. The van der Waals surface area contributed by atoms with Gasteiger partial charge >= 0.3 is 0 Å². The molecule has 9 heteroatoms. The molecule has 4 rings (SSSR count). The van der Waals surface area contributed by atoms with Crippen molar-refractivity contribution in [3.63, 3.8) is 0 Å². The summed E-state index contributed by atoms with van der Waals surface area (Å²) in [6, 6.07) is 12.4. The zero-order valence-electron chi connectivity index (χ0n) is 13.5. The summed E-state index contributed by atoms with van der Waals surface area (Å²) in [7, 11) is 0. The van der Waals surface area contributed by atoms with E-state index in [2.05, 4.69) is 20.6 Å². The smallest absolute Gasteiger partial charge is 0.278 e. The normalized spacial score (nSPS) is 10.8. The molecule has 0 aliphatic rings. The molecule has 0 unspecified atom stereocenters. The molecule has 0 atom stereocenters. The van der Waals surface area contributed by atoms with Crippen molar-refractivity contribution in [2.75, 3.05) is 5.32 Å². The van der Waals surface area contributed by atoms with Gasteiger partial charge in [0, 0.05) is 11.1 Å². The number of aryl methyl sites for hydroxylation is 1. The average molecular weight is 386 g/mol. The number of amides is 1. The van der Waals surface area contributed by atoms with Gasteiger partial charge in [0.15, 0.2) is 11.5 Å². The number of nitrogens with zero attached hydrogens (tertiary/aromatic N) is 4. The molecule has 0 aliphatic carbocycles. The highest BCUT2D eigenvalue weighted by atomic mass is 35.5. The zero-order valence-corrected chi connectivity index (χ0v) is 15.1. The maximum Gasteiger partial charge on any atom is 0.278 e. The van der Waals surface area contributed by atoms with E-state index < -0.39 is 0 Å². The van der Waals surface area contributed by atoms with E-state index in [9.17, 15) is 4.79 Å². The number of carbonyl (C=O) groups excluding carboxylic acids is 1. The van der Waals surface area contributed by atoms with E-state index in [0.717, 1.165) is 10.7 Å². The van der Waals surface area contributed by atoms with Crippen LogP contribution in [0.5, 0.6) is 0 Å². The summed E-state index contributed by atoms with van der Waals surface area (Å²) in [5.74, 6) is 0.206. The van der Waals surface area contributed by atoms with Crippen LogP contribution in [-0.2, 0) is 0 Å². The van der Waals surface area contributed by atoms with Crippen molar-refractivity contribution >= 4 is 34.0 Å². The van der Waals surface area contributed by atoms with Crippen LogP contribution in [0.2, 0.25) is 5.02 Å². The number of nitrogens with one attached hydrogen (secondary N) is 1. The first-order valence-electron chi connectivity index (χ1n) is 7.61. The predicted octanol–water partition coefficient (Wildman–Crippen LogP) is 4.20. The molecule has 0 saturated carbocycles. The standard InChI is InChI=1S/C17H12ClN5O2S/c1-10-20-21-17(26-10)19-16(24)13-9-14(15-6-3-7-25-15)23(22-13)12-5-2-4-11(18)8-12/h2-9H,1H3,(H,19,21,24). The van der Waals surface area contributed by atoms with Crippen molar-refractivity contribution in [1.82, 2.24) is 20.0 Å². The number of rotatable bonds is 4.